The van der Waals surface area contributed by atoms with E-state index in [0.29, 0.717) is 6.54 Å². The summed E-state index contributed by atoms with van der Waals surface area (Å²) >= 11 is 5.63. The van der Waals surface area contributed by atoms with Crippen molar-refractivity contribution in [1.82, 2.24) is 19.3 Å². The molecule has 0 aliphatic carbocycles. The van der Waals surface area contributed by atoms with Crippen LogP contribution in [0.3, 0.4) is 0 Å². The fourth-order valence-corrected chi connectivity index (χ4v) is 2.89. The van der Waals surface area contributed by atoms with E-state index in [4.69, 9.17) is 11.6 Å². The molecule has 19 heavy (non-hydrogen) atoms. The van der Waals surface area contributed by atoms with Crippen molar-refractivity contribution < 1.29 is 8.42 Å². The SMILES string of the molecule is C[C@H](Cn1ccnc1)NS(=O)(=O)c1ccc(Cl)nc1. The number of halogens is 1. The summed E-state index contributed by atoms with van der Waals surface area (Å²) in [6.45, 7) is 2.28. The van der Waals surface area contributed by atoms with Crippen LogP contribution in [0.1, 0.15) is 6.92 Å². The molecule has 0 spiro atoms. The van der Waals surface area contributed by atoms with Gasteiger partial charge in [0.05, 0.1) is 6.33 Å². The maximum Gasteiger partial charge on any atom is 0.242 e. The van der Waals surface area contributed by atoms with Gasteiger partial charge in [-0.15, -0.1) is 0 Å². The van der Waals surface area contributed by atoms with E-state index in [9.17, 15) is 8.42 Å². The molecule has 1 N–H and O–H groups in total. The van der Waals surface area contributed by atoms with Gasteiger partial charge >= 0.3 is 0 Å². The summed E-state index contributed by atoms with van der Waals surface area (Å²) in [6.07, 6.45) is 6.28. The molecule has 102 valence electrons. The van der Waals surface area contributed by atoms with Gasteiger partial charge in [0.15, 0.2) is 0 Å². The Morgan fingerprint density at radius 3 is 2.84 bits per heavy atom. The molecular formula is C11H13ClN4O2S. The lowest BCUT2D eigenvalue weighted by Gasteiger charge is -2.14. The monoisotopic (exact) mass is 300 g/mol. The predicted molar refractivity (Wildman–Crippen MR) is 71.3 cm³/mol. The number of rotatable bonds is 5. The summed E-state index contributed by atoms with van der Waals surface area (Å²) < 4.78 is 28.5. The lowest BCUT2D eigenvalue weighted by molar-refractivity contribution is 0.520. The van der Waals surface area contributed by atoms with Crippen LogP contribution in [0, 0.1) is 0 Å². The Bertz CT molecular complexity index is 625. The molecule has 0 saturated heterocycles. The molecule has 2 heterocycles. The van der Waals surface area contributed by atoms with Gasteiger partial charge in [-0.05, 0) is 19.1 Å². The maximum absolute atomic E-state index is 12.1. The number of sulfonamides is 1. The van der Waals surface area contributed by atoms with Gasteiger partial charge in [-0.25, -0.2) is 23.1 Å². The van der Waals surface area contributed by atoms with Crippen molar-refractivity contribution in [1.29, 1.82) is 0 Å². The minimum atomic E-state index is -3.58. The zero-order valence-electron chi connectivity index (χ0n) is 10.2. The van der Waals surface area contributed by atoms with Gasteiger partial charge in [0.25, 0.3) is 0 Å². The van der Waals surface area contributed by atoms with Crippen LogP contribution in [0.5, 0.6) is 0 Å². The van der Waals surface area contributed by atoms with E-state index in [2.05, 4.69) is 14.7 Å². The second-order valence-corrected chi connectivity index (χ2v) is 6.20. The van der Waals surface area contributed by atoms with Crippen molar-refractivity contribution in [2.75, 3.05) is 0 Å². The predicted octanol–water partition coefficient (Wildman–Crippen LogP) is 1.30. The molecule has 0 fully saturated rings. The van der Waals surface area contributed by atoms with E-state index in [0.717, 1.165) is 0 Å². The maximum atomic E-state index is 12.1. The highest BCUT2D eigenvalue weighted by Crippen LogP contribution is 2.11. The number of nitrogens with one attached hydrogen (secondary N) is 1. The van der Waals surface area contributed by atoms with E-state index in [-0.39, 0.29) is 16.1 Å². The smallest absolute Gasteiger partial charge is 0.242 e. The summed E-state index contributed by atoms with van der Waals surface area (Å²) in [7, 11) is -3.58. The number of pyridine rings is 1. The van der Waals surface area contributed by atoms with Crippen molar-refractivity contribution in [3.05, 3.63) is 42.2 Å². The zero-order valence-corrected chi connectivity index (χ0v) is 11.8. The second-order valence-electron chi connectivity index (χ2n) is 4.10. The topological polar surface area (TPSA) is 76.9 Å². The molecule has 0 radical (unpaired) electrons. The summed E-state index contributed by atoms with van der Waals surface area (Å²) in [5, 5.41) is 0.255. The normalized spacial score (nSPS) is 13.4. The van der Waals surface area contributed by atoms with Crippen LogP contribution in [-0.2, 0) is 16.6 Å². The number of aromatic nitrogens is 3. The summed E-state index contributed by atoms with van der Waals surface area (Å²) in [5.41, 5.74) is 0. The third-order valence-corrected chi connectivity index (χ3v) is 4.21. The van der Waals surface area contributed by atoms with Crippen molar-refractivity contribution >= 4 is 21.6 Å². The van der Waals surface area contributed by atoms with Gasteiger partial charge in [-0.3, -0.25) is 0 Å². The van der Waals surface area contributed by atoms with E-state index in [1.807, 2.05) is 0 Å². The van der Waals surface area contributed by atoms with Crippen LogP contribution in [-0.4, -0.2) is 29.0 Å². The van der Waals surface area contributed by atoms with Crippen LogP contribution >= 0.6 is 11.6 Å². The van der Waals surface area contributed by atoms with E-state index >= 15 is 0 Å². The quantitative estimate of drug-likeness (QED) is 0.844. The minimum absolute atomic E-state index is 0.0920. The zero-order chi connectivity index (χ0) is 13.9. The van der Waals surface area contributed by atoms with Crippen molar-refractivity contribution in [3.8, 4) is 0 Å². The van der Waals surface area contributed by atoms with Gasteiger partial charge in [0, 0.05) is 31.2 Å². The number of hydrogen-bond donors (Lipinski definition) is 1. The summed E-state index contributed by atoms with van der Waals surface area (Å²) in [4.78, 5) is 7.75. The van der Waals surface area contributed by atoms with Gasteiger partial charge in [0.2, 0.25) is 10.0 Å². The van der Waals surface area contributed by atoms with Crippen LogP contribution in [0.4, 0.5) is 0 Å². The first-order chi connectivity index (χ1) is 8.97. The van der Waals surface area contributed by atoms with Crippen LogP contribution in [0.2, 0.25) is 5.15 Å². The highest BCUT2D eigenvalue weighted by molar-refractivity contribution is 7.89. The second kappa shape index (κ2) is 5.68. The van der Waals surface area contributed by atoms with E-state index in [1.165, 1.54) is 18.3 Å². The number of hydrogen-bond acceptors (Lipinski definition) is 4. The molecule has 2 aromatic heterocycles. The molecule has 6 nitrogen and oxygen atoms in total. The van der Waals surface area contributed by atoms with Crippen molar-refractivity contribution in [2.24, 2.45) is 0 Å². The Balaban J connectivity index is 2.06. The molecule has 2 aromatic rings. The van der Waals surface area contributed by atoms with Crippen molar-refractivity contribution in [2.45, 2.75) is 24.4 Å². The Hall–Kier alpha value is -1.44. The first kappa shape index (κ1) is 14.0. The lowest BCUT2D eigenvalue weighted by atomic mass is 10.4. The van der Waals surface area contributed by atoms with Crippen LogP contribution in [0.15, 0.2) is 41.9 Å². The molecule has 8 heteroatoms. The van der Waals surface area contributed by atoms with Gasteiger partial charge in [0.1, 0.15) is 10.0 Å². The summed E-state index contributed by atoms with van der Waals surface area (Å²) in [5.74, 6) is 0. The third-order valence-electron chi connectivity index (χ3n) is 2.41. The van der Waals surface area contributed by atoms with E-state index < -0.39 is 10.0 Å². The fourth-order valence-electron chi connectivity index (χ4n) is 1.60. The fraction of sp³-hybridized carbons (Fsp3) is 0.273. The Morgan fingerprint density at radius 1 is 1.47 bits per heavy atom. The molecule has 2 rings (SSSR count). The number of imidazole rings is 1. The molecular weight excluding hydrogens is 288 g/mol. The Kier molecular flexibility index (Phi) is 4.18. The minimum Gasteiger partial charge on any atom is -0.336 e. The molecule has 0 unspecified atom stereocenters. The largest absolute Gasteiger partial charge is 0.336 e. The number of nitrogens with zero attached hydrogens (tertiary/aromatic N) is 3. The average Bonchev–Trinajstić information content (AvgIpc) is 2.81. The van der Waals surface area contributed by atoms with E-state index in [1.54, 1.807) is 30.2 Å². The highest BCUT2D eigenvalue weighted by Gasteiger charge is 2.17. The Morgan fingerprint density at radius 2 is 2.26 bits per heavy atom. The van der Waals surface area contributed by atoms with Crippen LogP contribution < -0.4 is 4.72 Å². The molecule has 0 saturated carbocycles. The molecule has 0 amide bonds. The third kappa shape index (κ3) is 3.76. The van der Waals surface area contributed by atoms with Gasteiger partial charge < -0.3 is 4.57 Å². The molecule has 0 bridgehead atoms. The van der Waals surface area contributed by atoms with Gasteiger partial charge in [-0.1, -0.05) is 11.6 Å². The van der Waals surface area contributed by atoms with Crippen molar-refractivity contribution in [3.63, 3.8) is 0 Å². The highest BCUT2D eigenvalue weighted by atomic mass is 35.5. The van der Waals surface area contributed by atoms with Gasteiger partial charge in [-0.2, -0.15) is 0 Å². The standard InChI is InChI=1S/C11H13ClN4O2S/c1-9(7-16-5-4-13-8-16)15-19(17,18)10-2-3-11(12)14-6-10/h2-6,8-9,15H,7H2,1H3/t9-/m1/s1. The first-order valence-corrected chi connectivity index (χ1v) is 7.43. The molecule has 0 aliphatic rings. The average molecular weight is 301 g/mol. The Labute approximate surface area is 116 Å². The first-order valence-electron chi connectivity index (χ1n) is 5.57. The molecule has 0 aliphatic heterocycles. The van der Waals surface area contributed by atoms with Crippen LogP contribution in [0.25, 0.3) is 0 Å². The molecule has 0 aromatic carbocycles. The molecule has 1 atom stereocenters. The lowest BCUT2D eigenvalue weighted by Crippen LogP contribution is -2.35. The summed E-state index contributed by atoms with van der Waals surface area (Å²) in [6, 6.07) is 2.59.